The molecule has 2 rings (SSSR count). The van der Waals surface area contributed by atoms with Gasteiger partial charge in [-0.05, 0) is 48.5 Å². The number of benzene rings is 2. The summed E-state index contributed by atoms with van der Waals surface area (Å²) in [6.45, 7) is 0. The molecule has 7 heteroatoms. The normalized spacial score (nSPS) is 9.71. The van der Waals surface area contributed by atoms with Crippen LogP contribution in [0.3, 0.4) is 0 Å². The molecule has 0 amide bonds. The van der Waals surface area contributed by atoms with Gasteiger partial charge >= 0.3 is 12.3 Å². The van der Waals surface area contributed by atoms with Crippen LogP contribution in [0, 0.1) is 0 Å². The molecule has 0 radical (unpaired) electrons. The van der Waals surface area contributed by atoms with Crippen molar-refractivity contribution in [2.24, 2.45) is 0 Å². The Kier molecular flexibility index (Phi) is 4.25. The molecular formula is C14H11NO6. The predicted molar refractivity (Wildman–Crippen MR) is 73.5 cm³/mol. The van der Waals surface area contributed by atoms with Crippen LogP contribution >= 0.6 is 0 Å². The molecule has 7 nitrogen and oxygen atoms in total. The number of ether oxygens (including phenoxy) is 2. The molecule has 0 heterocycles. The molecule has 0 aromatic heterocycles. The van der Waals surface area contributed by atoms with Crippen LogP contribution in [0.5, 0.6) is 11.5 Å². The van der Waals surface area contributed by atoms with Crippen molar-refractivity contribution in [2.75, 3.05) is 5.32 Å². The van der Waals surface area contributed by atoms with Gasteiger partial charge in [-0.15, -0.1) is 0 Å². The summed E-state index contributed by atoms with van der Waals surface area (Å²) < 4.78 is 8.98. The zero-order valence-electron chi connectivity index (χ0n) is 10.6. The Bertz CT molecular complexity index is 578. The SMILES string of the molecule is O=C(O)Oc1ccc(Nc2ccc(OC(=O)O)cc2)cc1. The van der Waals surface area contributed by atoms with Crippen LogP contribution in [-0.4, -0.2) is 22.5 Å². The first-order chi connectivity index (χ1) is 10.0. The first-order valence-corrected chi connectivity index (χ1v) is 5.81. The van der Waals surface area contributed by atoms with E-state index in [0.717, 1.165) is 11.4 Å². The van der Waals surface area contributed by atoms with E-state index < -0.39 is 12.3 Å². The largest absolute Gasteiger partial charge is 0.511 e. The van der Waals surface area contributed by atoms with Crippen molar-refractivity contribution in [1.29, 1.82) is 0 Å². The second-order valence-electron chi connectivity index (χ2n) is 3.91. The lowest BCUT2D eigenvalue weighted by molar-refractivity contribution is 0.143. The van der Waals surface area contributed by atoms with E-state index in [0.29, 0.717) is 0 Å². The summed E-state index contributed by atoms with van der Waals surface area (Å²) in [6, 6.07) is 12.7. The fourth-order valence-corrected chi connectivity index (χ4v) is 1.58. The minimum Gasteiger partial charge on any atom is -0.449 e. The average molecular weight is 289 g/mol. The molecule has 0 unspecified atom stereocenters. The third-order valence-corrected chi connectivity index (χ3v) is 2.41. The molecule has 0 fully saturated rings. The van der Waals surface area contributed by atoms with Gasteiger partial charge in [-0.3, -0.25) is 0 Å². The number of hydrogen-bond donors (Lipinski definition) is 3. The van der Waals surface area contributed by atoms with Crippen molar-refractivity contribution in [1.82, 2.24) is 0 Å². The van der Waals surface area contributed by atoms with E-state index in [1.807, 2.05) is 0 Å². The van der Waals surface area contributed by atoms with Gasteiger partial charge in [0, 0.05) is 11.4 Å². The Morgan fingerprint density at radius 2 is 1.05 bits per heavy atom. The molecule has 0 bridgehead atoms. The van der Waals surface area contributed by atoms with Gasteiger partial charge < -0.3 is 25.0 Å². The van der Waals surface area contributed by atoms with Crippen molar-refractivity contribution in [2.45, 2.75) is 0 Å². The highest BCUT2D eigenvalue weighted by atomic mass is 16.7. The van der Waals surface area contributed by atoms with Gasteiger partial charge in [0.15, 0.2) is 0 Å². The highest BCUT2D eigenvalue weighted by molar-refractivity contribution is 5.65. The maximum Gasteiger partial charge on any atom is 0.511 e. The van der Waals surface area contributed by atoms with Crippen molar-refractivity contribution < 1.29 is 29.3 Å². The van der Waals surface area contributed by atoms with E-state index in [-0.39, 0.29) is 11.5 Å². The molecule has 21 heavy (non-hydrogen) atoms. The molecule has 108 valence electrons. The number of carboxylic acid groups (broad SMARTS) is 2. The van der Waals surface area contributed by atoms with Crippen LogP contribution in [0.25, 0.3) is 0 Å². The molecule has 0 aliphatic heterocycles. The van der Waals surface area contributed by atoms with E-state index in [4.69, 9.17) is 10.2 Å². The lowest BCUT2D eigenvalue weighted by Gasteiger charge is -2.08. The maximum absolute atomic E-state index is 10.4. The van der Waals surface area contributed by atoms with Crippen LogP contribution in [0.1, 0.15) is 0 Å². The molecule has 2 aromatic carbocycles. The third-order valence-electron chi connectivity index (χ3n) is 2.41. The lowest BCUT2D eigenvalue weighted by Crippen LogP contribution is -2.03. The fraction of sp³-hybridized carbons (Fsp3) is 0. The van der Waals surface area contributed by atoms with E-state index in [9.17, 15) is 9.59 Å². The minimum absolute atomic E-state index is 0.221. The monoisotopic (exact) mass is 289 g/mol. The maximum atomic E-state index is 10.4. The van der Waals surface area contributed by atoms with Crippen molar-refractivity contribution >= 4 is 23.7 Å². The van der Waals surface area contributed by atoms with Crippen LogP contribution in [0.2, 0.25) is 0 Å². The van der Waals surface area contributed by atoms with Crippen LogP contribution < -0.4 is 14.8 Å². The van der Waals surface area contributed by atoms with Gasteiger partial charge in [0.1, 0.15) is 11.5 Å². The van der Waals surface area contributed by atoms with Gasteiger partial charge in [-0.25, -0.2) is 9.59 Å². The van der Waals surface area contributed by atoms with Crippen LogP contribution in [-0.2, 0) is 0 Å². The minimum atomic E-state index is -1.37. The molecule has 0 spiro atoms. The summed E-state index contributed by atoms with van der Waals surface area (Å²) >= 11 is 0. The molecule has 0 saturated carbocycles. The van der Waals surface area contributed by atoms with E-state index in [1.54, 1.807) is 24.3 Å². The summed E-state index contributed by atoms with van der Waals surface area (Å²) in [5, 5.41) is 20.0. The van der Waals surface area contributed by atoms with Gasteiger partial charge in [-0.2, -0.15) is 0 Å². The highest BCUT2D eigenvalue weighted by Crippen LogP contribution is 2.22. The average Bonchev–Trinajstić information content (AvgIpc) is 2.42. The second kappa shape index (κ2) is 6.29. The summed E-state index contributed by atoms with van der Waals surface area (Å²) in [5.74, 6) is 0.441. The molecule has 0 atom stereocenters. The molecule has 0 aliphatic carbocycles. The van der Waals surface area contributed by atoms with E-state index in [1.165, 1.54) is 24.3 Å². The molecule has 3 N–H and O–H groups in total. The summed E-state index contributed by atoms with van der Waals surface area (Å²) in [6.07, 6.45) is -2.74. The highest BCUT2D eigenvalue weighted by Gasteiger charge is 2.02. The predicted octanol–water partition coefficient (Wildman–Crippen LogP) is 3.54. The smallest absolute Gasteiger partial charge is 0.449 e. The molecule has 2 aromatic rings. The first-order valence-electron chi connectivity index (χ1n) is 5.81. The van der Waals surface area contributed by atoms with E-state index in [2.05, 4.69) is 14.8 Å². The number of carbonyl (C=O) groups is 2. The lowest BCUT2D eigenvalue weighted by atomic mass is 10.2. The quantitative estimate of drug-likeness (QED) is 0.584. The van der Waals surface area contributed by atoms with Crippen molar-refractivity contribution in [3.05, 3.63) is 48.5 Å². The Balaban J connectivity index is 2.01. The van der Waals surface area contributed by atoms with Gasteiger partial charge in [0.25, 0.3) is 0 Å². The Morgan fingerprint density at radius 3 is 1.33 bits per heavy atom. The zero-order chi connectivity index (χ0) is 15.2. The third kappa shape index (κ3) is 4.43. The van der Waals surface area contributed by atoms with E-state index >= 15 is 0 Å². The van der Waals surface area contributed by atoms with Gasteiger partial charge in [-0.1, -0.05) is 0 Å². The molecule has 0 aliphatic rings. The van der Waals surface area contributed by atoms with Crippen LogP contribution in [0.4, 0.5) is 21.0 Å². The number of rotatable bonds is 4. The number of nitrogens with one attached hydrogen (secondary N) is 1. The topological polar surface area (TPSA) is 105 Å². The van der Waals surface area contributed by atoms with Crippen molar-refractivity contribution in [3.8, 4) is 11.5 Å². The Morgan fingerprint density at radius 1 is 0.714 bits per heavy atom. The van der Waals surface area contributed by atoms with Crippen molar-refractivity contribution in [3.63, 3.8) is 0 Å². The standard InChI is InChI=1S/C14H11NO6/c16-13(17)20-11-5-1-9(2-6-11)15-10-3-7-12(8-4-10)21-14(18)19/h1-8,15H,(H,16,17)(H,18,19). The van der Waals surface area contributed by atoms with Crippen LogP contribution in [0.15, 0.2) is 48.5 Å². The summed E-state index contributed by atoms with van der Waals surface area (Å²) in [4.78, 5) is 20.7. The number of anilines is 2. The van der Waals surface area contributed by atoms with Gasteiger partial charge in [0.2, 0.25) is 0 Å². The Hall–Kier alpha value is -3.22. The molecule has 0 saturated heterocycles. The molecular weight excluding hydrogens is 278 g/mol. The fourth-order valence-electron chi connectivity index (χ4n) is 1.58. The zero-order valence-corrected chi connectivity index (χ0v) is 10.6. The Labute approximate surface area is 119 Å². The van der Waals surface area contributed by atoms with Gasteiger partial charge in [0.05, 0.1) is 0 Å². The number of hydrogen-bond acceptors (Lipinski definition) is 5. The second-order valence-corrected chi connectivity index (χ2v) is 3.91. The first kappa shape index (κ1) is 14.2. The summed E-state index contributed by atoms with van der Waals surface area (Å²) in [5.41, 5.74) is 1.44. The summed E-state index contributed by atoms with van der Waals surface area (Å²) in [7, 11) is 0.